The second-order valence-corrected chi connectivity index (χ2v) is 6.32. The molecule has 0 spiro atoms. The standard InChI is InChI=1S/C18H23N3O2/c22-17(20-9-8-13-4-2-1-3-5-13)14-10-15(12-19-11-14)18(23)21-16-6-7-16/h4,10-12,16H,1-3,5-9H2,(H,20,22)(H,21,23). The van der Waals surface area contributed by atoms with E-state index < -0.39 is 0 Å². The van der Waals surface area contributed by atoms with Crippen LogP contribution in [0.25, 0.3) is 0 Å². The number of hydrogen-bond donors (Lipinski definition) is 2. The number of hydrogen-bond acceptors (Lipinski definition) is 3. The van der Waals surface area contributed by atoms with E-state index in [1.54, 1.807) is 6.07 Å². The van der Waals surface area contributed by atoms with Crippen LogP contribution in [0.1, 0.15) is 65.7 Å². The Morgan fingerprint density at radius 2 is 1.91 bits per heavy atom. The topological polar surface area (TPSA) is 71.1 Å². The highest BCUT2D eigenvalue weighted by molar-refractivity contribution is 5.99. The van der Waals surface area contributed by atoms with Crippen molar-refractivity contribution >= 4 is 11.8 Å². The van der Waals surface area contributed by atoms with Gasteiger partial charge in [0, 0.05) is 25.0 Å². The molecule has 5 heteroatoms. The van der Waals surface area contributed by atoms with Gasteiger partial charge in [-0.3, -0.25) is 14.6 Å². The van der Waals surface area contributed by atoms with Crippen LogP contribution in [-0.4, -0.2) is 29.4 Å². The van der Waals surface area contributed by atoms with Crippen molar-refractivity contribution in [3.8, 4) is 0 Å². The molecule has 0 atom stereocenters. The Bertz CT molecular complexity index is 620. The molecule has 1 fully saturated rings. The highest BCUT2D eigenvalue weighted by Gasteiger charge is 2.24. The second kappa shape index (κ2) is 7.40. The fourth-order valence-electron chi connectivity index (χ4n) is 2.76. The van der Waals surface area contributed by atoms with Gasteiger partial charge >= 0.3 is 0 Å². The quantitative estimate of drug-likeness (QED) is 0.793. The molecule has 2 aliphatic carbocycles. The molecule has 5 nitrogen and oxygen atoms in total. The fraction of sp³-hybridized carbons (Fsp3) is 0.500. The molecular formula is C18H23N3O2. The first kappa shape index (κ1) is 15.7. The SMILES string of the molecule is O=C(NCCC1=CCCCC1)c1cncc(C(=O)NC2CC2)c1. The van der Waals surface area contributed by atoms with Crippen LogP contribution in [-0.2, 0) is 0 Å². The third kappa shape index (κ3) is 4.65. The zero-order valence-corrected chi connectivity index (χ0v) is 13.3. The van der Waals surface area contributed by atoms with Crippen LogP contribution >= 0.6 is 0 Å². The first-order valence-electron chi connectivity index (χ1n) is 8.44. The highest BCUT2D eigenvalue weighted by atomic mass is 16.2. The van der Waals surface area contributed by atoms with E-state index in [4.69, 9.17) is 0 Å². The van der Waals surface area contributed by atoms with Gasteiger partial charge in [0.15, 0.2) is 0 Å². The maximum atomic E-state index is 12.2. The Morgan fingerprint density at radius 3 is 2.61 bits per heavy atom. The highest BCUT2D eigenvalue weighted by Crippen LogP contribution is 2.20. The van der Waals surface area contributed by atoms with Crippen LogP contribution < -0.4 is 10.6 Å². The van der Waals surface area contributed by atoms with Crippen LogP contribution in [0.3, 0.4) is 0 Å². The lowest BCUT2D eigenvalue weighted by molar-refractivity contribution is 0.0950. The van der Waals surface area contributed by atoms with E-state index in [-0.39, 0.29) is 11.8 Å². The molecule has 2 amide bonds. The maximum absolute atomic E-state index is 12.2. The number of rotatable bonds is 6. The molecule has 1 aromatic heterocycles. The molecule has 1 aromatic rings. The average molecular weight is 313 g/mol. The smallest absolute Gasteiger partial charge is 0.253 e. The lowest BCUT2D eigenvalue weighted by Crippen LogP contribution is -2.27. The molecule has 0 unspecified atom stereocenters. The Kier molecular flexibility index (Phi) is 5.05. The third-order valence-electron chi connectivity index (χ3n) is 4.29. The van der Waals surface area contributed by atoms with Gasteiger partial charge in [-0.2, -0.15) is 0 Å². The number of aromatic nitrogens is 1. The summed E-state index contributed by atoms with van der Waals surface area (Å²) < 4.78 is 0. The van der Waals surface area contributed by atoms with Crippen LogP contribution in [0.2, 0.25) is 0 Å². The fourth-order valence-corrected chi connectivity index (χ4v) is 2.76. The minimum atomic E-state index is -0.171. The van der Waals surface area contributed by atoms with Crippen LogP contribution in [0.4, 0.5) is 0 Å². The van der Waals surface area contributed by atoms with E-state index in [1.165, 1.54) is 30.8 Å². The lowest BCUT2D eigenvalue weighted by Gasteiger charge is -2.13. The lowest BCUT2D eigenvalue weighted by atomic mass is 9.97. The Balaban J connectivity index is 1.52. The number of pyridine rings is 1. The van der Waals surface area contributed by atoms with Crippen molar-refractivity contribution in [1.82, 2.24) is 15.6 Å². The van der Waals surface area contributed by atoms with Crippen LogP contribution in [0, 0.1) is 0 Å². The van der Waals surface area contributed by atoms with E-state index in [9.17, 15) is 9.59 Å². The molecule has 122 valence electrons. The van der Waals surface area contributed by atoms with Crippen LogP contribution in [0.5, 0.6) is 0 Å². The van der Waals surface area contributed by atoms with Crippen molar-refractivity contribution in [3.63, 3.8) is 0 Å². The van der Waals surface area contributed by atoms with Crippen molar-refractivity contribution in [2.75, 3.05) is 6.54 Å². The summed E-state index contributed by atoms with van der Waals surface area (Å²) >= 11 is 0. The van der Waals surface area contributed by atoms with Crippen molar-refractivity contribution < 1.29 is 9.59 Å². The number of carbonyl (C=O) groups is 2. The normalized spacial score (nSPS) is 17.3. The van der Waals surface area contributed by atoms with Crippen molar-refractivity contribution in [2.24, 2.45) is 0 Å². The van der Waals surface area contributed by atoms with Gasteiger partial charge in [0.25, 0.3) is 11.8 Å². The van der Waals surface area contributed by atoms with Gasteiger partial charge in [0.2, 0.25) is 0 Å². The minimum Gasteiger partial charge on any atom is -0.352 e. The maximum Gasteiger partial charge on any atom is 0.253 e. The van der Waals surface area contributed by atoms with Crippen LogP contribution in [0.15, 0.2) is 30.1 Å². The molecule has 0 saturated heterocycles. The molecule has 1 saturated carbocycles. The van der Waals surface area contributed by atoms with Gasteiger partial charge in [-0.15, -0.1) is 0 Å². The van der Waals surface area contributed by atoms with E-state index in [2.05, 4.69) is 21.7 Å². The summed E-state index contributed by atoms with van der Waals surface area (Å²) in [5.74, 6) is -0.322. The number of amides is 2. The predicted molar refractivity (Wildman–Crippen MR) is 88.2 cm³/mol. The molecule has 3 rings (SSSR count). The molecule has 0 aliphatic heterocycles. The molecule has 0 aromatic carbocycles. The summed E-state index contributed by atoms with van der Waals surface area (Å²) in [5.41, 5.74) is 2.32. The molecule has 0 radical (unpaired) electrons. The van der Waals surface area contributed by atoms with Gasteiger partial charge in [-0.25, -0.2) is 0 Å². The van der Waals surface area contributed by atoms with Gasteiger partial charge < -0.3 is 10.6 Å². The molecular weight excluding hydrogens is 290 g/mol. The summed E-state index contributed by atoms with van der Waals surface area (Å²) in [5, 5.41) is 5.82. The van der Waals surface area contributed by atoms with Crippen molar-refractivity contribution in [3.05, 3.63) is 41.2 Å². The Labute approximate surface area is 136 Å². The van der Waals surface area contributed by atoms with Gasteiger partial charge in [0.05, 0.1) is 11.1 Å². The zero-order chi connectivity index (χ0) is 16.1. The molecule has 0 bridgehead atoms. The Hall–Kier alpha value is -2.17. The summed E-state index contributed by atoms with van der Waals surface area (Å²) in [7, 11) is 0. The van der Waals surface area contributed by atoms with Gasteiger partial charge in [-0.05, 0) is 51.0 Å². The van der Waals surface area contributed by atoms with Crippen molar-refractivity contribution in [1.29, 1.82) is 0 Å². The third-order valence-corrected chi connectivity index (χ3v) is 4.29. The van der Waals surface area contributed by atoms with Crippen molar-refractivity contribution in [2.45, 2.75) is 51.0 Å². The second-order valence-electron chi connectivity index (χ2n) is 6.32. The first-order valence-corrected chi connectivity index (χ1v) is 8.44. The number of allylic oxidation sites excluding steroid dienone is 1. The van der Waals surface area contributed by atoms with E-state index in [0.717, 1.165) is 32.1 Å². The summed E-state index contributed by atoms with van der Waals surface area (Å²) in [6.07, 6.45) is 13.1. The number of nitrogens with one attached hydrogen (secondary N) is 2. The molecule has 2 N–H and O–H groups in total. The van der Waals surface area contributed by atoms with E-state index in [1.807, 2.05) is 0 Å². The zero-order valence-electron chi connectivity index (χ0n) is 13.3. The summed E-state index contributed by atoms with van der Waals surface area (Å²) in [6.45, 7) is 0.628. The first-order chi connectivity index (χ1) is 11.2. The minimum absolute atomic E-state index is 0.151. The number of carbonyl (C=O) groups excluding carboxylic acids is 2. The number of nitrogens with zero attached hydrogens (tertiary/aromatic N) is 1. The summed E-state index contributed by atoms with van der Waals surface area (Å²) in [6, 6.07) is 1.91. The molecule has 2 aliphatic rings. The summed E-state index contributed by atoms with van der Waals surface area (Å²) in [4.78, 5) is 28.2. The van der Waals surface area contributed by atoms with Gasteiger partial charge in [0.1, 0.15) is 0 Å². The van der Waals surface area contributed by atoms with E-state index in [0.29, 0.717) is 23.7 Å². The largest absolute Gasteiger partial charge is 0.352 e. The van der Waals surface area contributed by atoms with Gasteiger partial charge in [-0.1, -0.05) is 11.6 Å². The molecule has 23 heavy (non-hydrogen) atoms. The predicted octanol–water partition coefficient (Wildman–Crippen LogP) is 2.59. The Morgan fingerprint density at radius 1 is 1.13 bits per heavy atom. The average Bonchev–Trinajstić information content (AvgIpc) is 3.40. The van der Waals surface area contributed by atoms with E-state index >= 15 is 0 Å². The monoisotopic (exact) mass is 313 g/mol. The molecule has 1 heterocycles.